The van der Waals surface area contributed by atoms with Crippen LogP contribution in [-0.2, 0) is 4.79 Å². The predicted octanol–water partition coefficient (Wildman–Crippen LogP) is -0.685. The zero-order chi connectivity index (χ0) is 12.3. The molecule has 1 heterocycles. The van der Waals surface area contributed by atoms with Gasteiger partial charge >= 0.3 is 5.97 Å². The number of H-pyrrole nitrogens is 1. The number of hydrogen-bond donors (Lipinski definition) is 2. The van der Waals surface area contributed by atoms with Crippen LogP contribution in [0.5, 0.6) is 0 Å². The average molecular weight is 225 g/mol. The highest BCUT2D eigenvalue weighted by Gasteiger charge is 2.23. The molecule has 1 rings (SSSR count). The van der Waals surface area contributed by atoms with E-state index < -0.39 is 23.5 Å². The van der Waals surface area contributed by atoms with Crippen LogP contribution >= 0.6 is 0 Å². The second-order valence-corrected chi connectivity index (χ2v) is 3.23. The van der Waals surface area contributed by atoms with Gasteiger partial charge in [-0.05, 0) is 6.92 Å². The lowest BCUT2D eigenvalue weighted by Crippen LogP contribution is -2.40. The fourth-order valence-electron chi connectivity index (χ4n) is 0.981. The molecule has 1 unspecified atom stereocenters. The number of rotatable bonds is 3. The lowest BCUT2D eigenvalue weighted by Gasteiger charge is -2.20. The number of amides is 1. The van der Waals surface area contributed by atoms with E-state index in [2.05, 4.69) is 9.97 Å². The van der Waals surface area contributed by atoms with Gasteiger partial charge in [0.05, 0.1) is 6.20 Å². The van der Waals surface area contributed by atoms with Gasteiger partial charge in [0.1, 0.15) is 11.7 Å². The van der Waals surface area contributed by atoms with Gasteiger partial charge in [0.2, 0.25) is 0 Å². The molecule has 1 aromatic heterocycles. The lowest BCUT2D eigenvalue weighted by atomic mass is 10.3. The van der Waals surface area contributed by atoms with Gasteiger partial charge in [-0.15, -0.1) is 0 Å². The molecule has 1 aromatic rings. The first-order chi connectivity index (χ1) is 7.43. The van der Waals surface area contributed by atoms with E-state index in [9.17, 15) is 14.4 Å². The maximum absolute atomic E-state index is 11.7. The number of carbonyl (C=O) groups excluding carboxylic acids is 1. The summed E-state index contributed by atoms with van der Waals surface area (Å²) in [6, 6.07) is -0.957. The summed E-state index contributed by atoms with van der Waals surface area (Å²) >= 11 is 0. The van der Waals surface area contributed by atoms with Crippen molar-refractivity contribution >= 4 is 11.9 Å². The Morgan fingerprint density at radius 2 is 2.19 bits per heavy atom. The zero-order valence-corrected chi connectivity index (χ0v) is 8.80. The third-order valence-corrected chi connectivity index (χ3v) is 2.15. The Morgan fingerprint density at radius 3 is 2.62 bits per heavy atom. The van der Waals surface area contributed by atoms with Crippen LogP contribution in [0.3, 0.4) is 0 Å². The van der Waals surface area contributed by atoms with Gasteiger partial charge in [-0.1, -0.05) is 0 Å². The molecule has 86 valence electrons. The topological polar surface area (TPSA) is 103 Å². The number of nitrogens with one attached hydrogen (secondary N) is 1. The first-order valence-corrected chi connectivity index (χ1v) is 4.48. The van der Waals surface area contributed by atoms with Crippen LogP contribution in [-0.4, -0.2) is 44.9 Å². The second-order valence-electron chi connectivity index (χ2n) is 3.23. The summed E-state index contributed by atoms with van der Waals surface area (Å²) in [6.07, 6.45) is 2.11. The fourth-order valence-corrected chi connectivity index (χ4v) is 0.981. The summed E-state index contributed by atoms with van der Waals surface area (Å²) in [5.41, 5.74) is -0.430. The average Bonchev–Trinajstić information content (AvgIpc) is 2.27. The molecule has 0 aromatic carbocycles. The van der Waals surface area contributed by atoms with E-state index in [-0.39, 0.29) is 5.69 Å². The van der Waals surface area contributed by atoms with Crippen LogP contribution in [0, 0.1) is 0 Å². The van der Waals surface area contributed by atoms with Crippen molar-refractivity contribution < 1.29 is 14.7 Å². The summed E-state index contributed by atoms with van der Waals surface area (Å²) in [4.78, 5) is 40.0. The summed E-state index contributed by atoms with van der Waals surface area (Å²) in [5, 5.41) is 8.72. The molecular formula is C9H11N3O4. The number of aromatic nitrogens is 2. The number of carbonyl (C=O) groups is 2. The van der Waals surface area contributed by atoms with E-state index in [1.807, 2.05) is 0 Å². The lowest BCUT2D eigenvalue weighted by molar-refractivity contribution is -0.141. The van der Waals surface area contributed by atoms with E-state index >= 15 is 0 Å². The molecular weight excluding hydrogens is 214 g/mol. The Balaban J connectivity index is 2.90. The molecule has 0 spiro atoms. The Kier molecular flexibility index (Phi) is 3.39. The van der Waals surface area contributed by atoms with Crippen molar-refractivity contribution in [2.75, 3.05) is 7.05 Å². The van der Waals surface area contributed by atoms with Gasteiger partial charge in [-0.3, -0.25) is 9.59 Å². The molecule has 0 radical (unpaired) electrons. The smallest absolute Gasteiger partial charge is 0.326 e. The van der Waals surface area contributed by atoms with Gasteiger partial charge in [0.15, 0.2) is 0 Å². The largest absolute Gasteiger partial charge is 0.480 e. The molecule has 7 heteroatoms. The Hall–Kier alpha value is -2.18. The molecule has 1 atom stereocenters. The Labute approximate surface area is 90.7 Å². The van der Waals surface area contributed by atoms with Crippen molar-refractivity contribution in [3.63, 3.8) is 0 Å². The van der Waals surface area contributed by atoms with Crippen LogP contribution in [0.1, 0.15) is 17.4 Å². The van der Waals surface area contributed by atoms with Gasteiger partial charge in [0.25, 0.3) is 11.5 Å². The van der Waals surface area contributed by atoms with E-state index in [0.29, 0.717) is 0 Å². The maximum atomic E-state index is 11.7. The molecule has 0 fully saturated rings. The van der Waals surface area contributed by atoms with Crippen LogP contribution in [0.15, 0.2) is 17.2 Å². The van der Waals surface area contributed by atoms with Crippen LogP contribution in [0.4, 0.5) is 0 Å². The number of hydrogen-bond acceptors (Lipinski definition) is 4. The number of aliphatic carboxylic acids is 1. The van der Waals surface area contributed by atoms with Crippen molar-refractivity contribution in [1.82, 2.24) is 14.9 Å². The number of aromatic amines is 1. The Bertz CT molecular complexity index is 448. The van der Waals surface area contributed by atoms with Gasteiger partial charge in [-0.2, -0.15) is 0 Å². The van der Waals surface area contributed by atoms with Gasteiger partial charge < -0.3 is 15.0 Å². The molecule has 0 aliphatic rings. The van der Waals surface area contributed by atoms with Crippen LogP contribution in [0.2, 0.25) is 0 Å². The summed E-state index contributed by atoms with van der Waals surface area (Å²) in [7, 11) is 1.36. The zero-order valence-electron chi connectivity index (χ0n) is 8.80. The first kappa shape index (κ1) is 11.9. The molecule has 0 aliphatic carbocycles. The highest BCUT2D eigenvalue weighted by Crippen LogP contribution is 2.02. The van der Waals surface area contributed by atoms with Crippen molar-refractivity contribution in [2.45, 2.75) is 13.0 Å². The second kappa shape index (κ2) is 4.56. The molecule has 7 nitrogen and oxygen atoms in total. The fraction of sp³-hybridized carbons (Fsp3) is 0.333. The van der Waals surface area contributed by atoms with E-state index in [1.54, 1.807) is 0 Å². The number of likely N-dealkylation sites (N-methyl/N-ethyl adjacent to an activating group) is 1. The van der Waals surface area contributed by atoms with Crippen LogP contribution < -0.4 is 5.56 Å². The van der Waals surface area contributed by atoms with Crippen LogP contribution in [0.25, 0.3) is 0 Å². The molecule has 1 amide bonds. The molecule has 2 N–H and O–H groups in total. The number of nitrogens with zero attached hydrogens (tertiary/aromatic N) is 2. The summed E-state index contributed by atoms with van der Waals surface area (Å²) in [6.45, 7) is 1.38. The van der Waals surface area contributed by atoms with Crippen molar-refractivity contribution in [3.05, 3.63) is 28.4 Å². The molecule has 0 saturated carbocycles. The minimum absolute atomic E-state index is 0.00444. The third kappa shape index (κ3) is 2.44. The van der Waals surface area contributed by atoms with Crippen molar-refractivity contribution in [2.24, 2.45) is 0 Å². The van der Waals surface area contributed by atoms with Gasteiger partial charge in [-0.25, -0.2) is 9.78 Å². The normalized spacial score (nSPS) is 11.9. The highest BCUT2D eigenvalue weighted by molar-refractivity contribution is 5.94. The molecule has 16 heavy (non-hydrogen) atoms. The van der Waals surface area contributed by atoms with E-state index in [4.69, 9.17) is 5.11 Å². The summed E-state index contributed by atoms with van der Waals surface area (Å²) < 4.78 is 0. The minimum atomic E-state index is -1.11. The Morgan fingerprint density at radius 1 is 1.56 bits per heavy atom. The van der Waals surface area contributed by atoms with Gasteiger partial charge in [0, 0.05) is 13.2 Å². The van der Waals surface area contributed by atoms with E-state index in [0.717, 1.165) is 17.3 Å². The summed E-state index contributed by atoms with van der Waals surface area (Å²) in [5.74, 6) is -1.67. The highest BCUT2D eigenvalue weighted by atomic mass is 16.4. The maximum Gasteiger partial charge on any atom is 0.326 e. The quantitative estimate of drug-likeness (QED) is 0.709. The third-order valence-electron chi connectivity index (χ3n) is 2.15. The monoisotopic (exact) mass is 225 g/mol. The first-order valence-electron chi connectivity index (χ1n) is 4.48. The number of carboxylic acids is 1. The van der Waals surface area contributed by atoms with Crippen molar-refractivity contribution in [3.8, 4) is 0 Å². The van der Waals surface area contributed by atoms with E-state index in [1.165, 1.54) is 14.0 Å². The minimum Gasteiger partial charge on any atom is -0.480 e. The van der Waals surface area contributed by atoms with Crippen molar-refractivity contribution in [1.29, 1.82) is 0 Å². The molecule has 0 aliphatic heterocycles. The SMILES string of the molecule is CC(C(=O)O)N(C)C(=O)c1c[nH]c(=O)cn1. The predicted molar refractivity (Wildman–Crippen MR) is 54.0 cm³/mol. The molecule has 0 bridgehead atoms. The number of carboxylic acid groups (broad SMARTS) is 1. The molecule has 0 saturated heterocycles. The standard InChI is InChI=1S/C9H11N3O4/c1-5(9(15)16)12(2)8(14)6-3-11-7(13)4-10-6/h3-5H,1-2H3,(H,11,13)(H,15,16).